The molecule has 0 aliphatic rings. The molecule has 16 heteroatoms. The van der Waals surface area contributed by atoms with Gasteiger partial charge in [0.15, 0.2) is 0 Å². The summed E-state index contributed by atoms with van der Waals surface area (Å²) in [4.78, 5) is 0. The maximum atomic E-state index is 13.0. The highest BCUT2D eigenvalue weighted by atomic mass is 31.2. The molecule has 0 amide bonds. The molecule has 23 heavy (non-hydrogen) atoms. The van der Waals surface area contributed by atoms with Crippen molar-refractivity contribution in [3.05, 3.63) is 0 Å². The van der Waals surface area contributed by atoms with Crippen LogP contribution < -0.4 is 0 Å². The van der Waals surface area contributed by atoms with Crippen molar-refractivity contribution < 1.29 is 67.1 Å². The molecule has 0 rings (SSSR count). The third-order valence-electron chi connectivity index (χ3n) is 1.70. The summed E-state index contributed by atoms with van der Waals surface area (Å²) in [5.74, 6) is 0. The summed E-state index contributed by atoms with van der Waals surface area (Å²) in [5.41, 5.74) is 0. The van der Waals surface area contributed by atoms with Crippen LogP contribution >= 0.6 is 7.82 Å². The van der Waals surface area contributed by atoms with Crippen molar-refractivity contribution in [2.24, 2.45) is 0 Å². The van der Waals surface area contributed by atoms with Gasteiger partial charge in [-0.2, -0.15) is 26.3 Å². The first-order chi connectivity index (χ1) is 9.99. The highest BCUT2D eigenvalue weighted by Gasteiger charge is 2.68. The average molecular weight is 390 g/mol. The van der Waals surface area contributed by atoms with Gasteiger partial charge in [-0.3, -0.25) is 13.6 Å². The summed E-state index contributed by atoms with van der Waals surface area (Å²) >= 11 is 0. The molecule has 0 saturated carbocycles. The van der Waals surface area contributed by atoms with E-state index in [0.717, 1.165) is 0 Å². The van der Waals surface area contributed by atoms with Gasteiger partial charge in [0.2, 0.25) is 0 Å². The number of halogens is 9. The second-order valence-corrected chi connectivity index (χ2v) is 5.29. The fraction of sp³-hybridized carbons (Fsp3) is 1.00. The molecule has 0 unspecified atom stereocenters. The Labute approximate surface area is 122 Å². The van der Waals surface area contributed by atoms with Gasteiger partial charge in [-0.1, -0.05) is 0 Å². The Balaban J connectivity index is 5.02. The Morgan fingerprint density at radius 3 is 1.52 bits per heavy atom. The molecular weight excluding hydrogens is 382 g/mol. The van der Waals surface area contributed by atoms with Gasteiger partial charge in [0.05, 0.1) is 0 Å². The molecule has 0 N–H and O–H groups in total. The van der Waals surface area contributed by atoms with Crippen LogP contribution in [-0.4, -0.2) is 45.5 Å². The van der Waals surface area contributed by atoms with Crippen molar-refractivity contribution in [1.29, 1.82) is 0 Å². The van der Waals surface area contributed by atoms with Gasteiger partial charge in [-0.25, -0.2) is 14.0 Å². The molecule has 0 saturated heterocycles. The van der Waals surface area contributed by atoms with E-state index in [1.807, 2.05) is 0 Å². The summed E-state index contributed by atoms with van der Waals surface area (Å²) in [5, 5.41) is 0. The molecule has 0 aliphatic carbocycles. The number of phosphoric ester groups is 1. The topological polar surface area (TPSA) is 63.2 Å². The summed E-state index contributed by atoms with van der Waals surface area (Å²) in [6, 6.07) is 0. The van der Waals surface area contributed by atoms with E-state index in [2.05, 4.69) is 18.3 Å². The second kappa shape index (κ2) is 7.11. The lowest BCUT2D eigenvalue weighted by Crippen LogP contribution is -2.51. The van der Waals surface area contributed by atoms with Crippen molar-refractivity contribution >= 4 is 7.82 Å². The molecule has 0 aromatic heterocycles. The molecule has 0 fully saturated rings. The van der Waals surface area contributed by atoms with Gasteiger partial charge in [0.25, 0.3) is 0 Å². The van der Waals surface area contributed by atoms with E-state index < -0.39 is 39.1 Å². The third-order valence-corrected chi connectivity index (χ3v) is 3.04. The number of hydrogen-bond acceptors (Lipinski definition) is 6. The zero-order valence-electron chi connectivity index (χ0n) is 11.0. The van der Waals surface area contributed by atoms with E-state index in [1.165, 1.54) is 0 Å². The fourth-order valence-corrected chi connectivity index (χ4v) is 1.48. The van der Waals surface area contributed by atoms with Crippen LogP contribution in [0.2, 0.25) is 0 Å². The van der Waals surface area contributed by atoms with Crippen molar-refractivity contribution in [2.45, 2.75) is 24.7 Å². The first kappa shape index (κ1) is 22.4. The van der Waals surface area contributed by atoms with E-state index in [-0.39, 0.29) is 0 Å². The number of phosphoric acid groups is 1. The maximum absolute atomic E-state index is 13.0. The first-order valence-electron chi connectivity index (χ1n) is 4.96. The lowest BCUT2D eigenvalue weighted by atomic mass is 10.5. The Morgan fingerprint density at radius 2 is 1.17 bits per heavy atom. The summed E-state index contributed by atoms with van der Waals surface area (Å²) in [6.07, 6.45) is -24.5. The molecule has 6 nitrogen and oxygen atoms in total. The minimum absolute atomic E-state index is 0.642. The van der Waals surface area contributed by atoms with Crippen molar-refractivity contribution in [2.75, 3.05) is 20.8 Å². The number of ether oxygens (including phenoxy) is 2. The van der Waals surface area contributed by atoms with Crippen LogP contribution in [0.3, 0.4) is 0 Å². The highest BCUT2D eigenvalue weighted by Crippen LogP contribution is 2.49. The van der Waals surface area contributed by atoms with Gasteiger partial charge < -0.3 is 0 Å². The largest absolute Gasteiger partial charge is 0.527 e. The smallest absolute Gasteiger partial charge is 0.290 e. The molecule has 0 heterocycles. The SMILES string of the molecule is COP(=O)(OC)OCC(F)(F)OC(F)(F)C(F)(F)OC(F)(F)F. The van der Waals surface area contributed by atoms with Gasteiger partial charge >= 0.3 is 32.5 Å². The van der Waals surface area contributed by atoms with Gasteiger partial charge in [-0.15, -0.1) is 13.2 Å². The fourth-order valence-electron chi connectivity index (χ4n) is 0.815. The van der Waals surface area contributed by atoms with Gasteiger partial charge in [-0.05, 0) is 0 Å². The Hall–Kier alpha value is -0.600. The van der Waals surface area contributed by atoms with Crippen LogP contribution in [0.1, 0.15) is 0 Å². The average Bonchev–Trinajstić information content (AvgIpc) is 2.32. The second-order valence-electron chi connectivity index (χ2n) is 3.41. The minimum Gasteiger partial charge on any atom is -0.290 e. The van der Waals surface area contributed by atoms with Crippen LogP contribution in [0, 0.1) is 0 Å². The molecular formula is C7H8F9O6P. The first-order valence-corrected chi connectivity index (χ1v) is 6.42. The Kier molecular flexibility index (Phi) is 6.92. The zero-order chi connectivity index (χ0) is 18.7. The van der Waals surface area contributed by atoms with E-state index in [9.17, 15) is 44.1 Å². The van der Waals surface area contributed by atoms with Crippen LogP contribution in [0.5, 0.6) is 0 Å². The summed E-state index contributed by atoms with van der Waals surface area (Å²) in [7, 11) is -3.34. The Bertz CT molecular complexity index is 431. The number of alkyl halides is 9. The minimum atomic E-state index is -6.49. The Morgan fingerprint density at radius 1 is 0.783 bits per heavy atom. The van der Waals surface area contributed by atoms with E-state index in [0.29, 0.717) is 14.2 Å². The highest BCUT2D eigenvalue weighted by molar-refractivity contribution is 7.48. The molecule has 0 aromatic carbocycles. The summed E-state index contributed by atoms with van der Waals surface area (Å²) < 4.78 is 138. The molecule has 0 bridgehead atoms. The molecule has 0 atom stereocenters. The van der Waals surface area contributed by atoms with Crippen molar-refractivity contribution in [3.63, 3.8) is 0 Å². The summed E-state index contributed by atoms with van der Waals surface area (Å²) in [6.45, 7) is -2.37. The predicted molar refractivity (Wildman–Crippen MR) is 50.6 cm³/mol. The maximum Gasteiger partial charge on any atom is 0.527 e. The lowest BCUT2D eigenvalue weighted by molar-refractivity contribution is -0.529. The normalized spacial score (nSPS) is 15.1. The van der Waals surface area contributed by atoms with E-state index >= 15 is 0 Å². The molecule has 0 aliphatic heterocycles. The molecule has 0 aromatic rings. The van der Waals surface area contributed by atoms with Crippen LogP contribution in [0.15, 0.2) is 0 Å². The van der Waals surface area contributed by atoms with Crippen LogP contribution in [0.25, 0.3) is 0 Å². The molecule has 0 spiro atoms. The lowest BCUT2D eigenvalue weighted by Gasteiger charge is -2.29. The van der Waals surface area contributed by atoms with E-state index in [4.69, 9.17) is 0 Å². The van der Waals surface area contributed by atoms with Crippen LogP contribution in [-0.2, 0) is 27.6 Å². The van der Waals surface area contributed by atoms with Gasteiger partial charge in [0, 0.05) is 14.2 Å². The van der Waals surface area contributed by atoms with Crippen molar-refractivity contribution in [1.82, 2.24) is 0 Å². The quantitative estimate of drug-likeness (QED) is 0.442. The zero-order valence-corrected chi connectivity index (χ0v) is 11.9. The van der Waals surface area contributed by atoms with Crippen LogP contribution in [0.4, 0.5) is 39.5 Å². The molecule has 140 valence electrons. The van der Waals surface area contributed by atoms with E-state index in [1.54, 1.807) is 4.74 Å². The number of rotatable bonds is 9. The standard InChI is InChI=1S/C7H8F9O6P/c1-18-23(17,19-2)20-3-4(8,9)21-5(10,11)6(12,13)22-7(14,15)16/h3H2,1-2H3. The monoisotopic (exact) mass is 390 g/mol. The number of hydrogen-bond donors (Lipinski definition) is 0. The van der Waals surface area contributed by atoms with Gasteiger partial charge in [0.1, 0.15) is 6.61 Å². The van der Waals surface area contributed by atoms with Crippen molar-refractivity contribution in [3.8, 4) is 0 Å². The molecule has 0 radical (unpaired) electrons. The predicted octanol–water partition coefficient (Wildman–Crippen LogP) is 3.74. The third kappa shape index (κ3) is 7.22.